The highest BCUT2D eigenvalue weighted by molar-refractivity contribution is 7.17. The molecular weight excluding hydrogens is 250 g/mol. The monoisotopic (exact) mass is 261 g/mol. The summed E-state index contributed by atoms with van der Waals surface area (Å²) in [5.41, 5.74) is 5.06. The maximum atomic E-state index is 5.49. The molecule has 7 heteroatoms. The lowest BCUT2D eigenvalue weighted by Gasteiger charge is -2.08. The Morgan fingerprint density at radius 1 is 1.33 bits per heavy atom. The van der Waals surface area contributed by atoms with Gasteiger partial charge in [-0.1, -0.05) is 5.21 Å². The van der Waals surface area contributed by atoms with Gasteiger partial charge in [0.1, 0.15) is 21.6 Å². The molecule has 0 aliphatic carbocycles. The van der Waals surface area contributed by atoms with Gasteiger partial charge in [-0.3, -0.25) is 0 Å². The van der Waals surface area contributed by atoms with Crippen LogP contribution in [0.2, 0.25) is 0 Å². The van der Waals surface area contributed by atoms with Gasteiger partial charge >= 0.3 is 0 Å². The summed E-state index contributed by atoms with van der Waals surface area (Å²) in [4.78, 5) is 8.66. The van der Waals surface area contributed by atoms with Crippen LogP contribution in [0.4, 0.5) is 0 Å². The average Bonchev–Trinajstić information content (AvgIpc) is 2.95. The molecule has 6 nitrogen and oxygen atoms in total. The summed E-state index contributed by atoms with van der Waals surface area (Å²) in [6.45, 7) is 1.90. The van der Waals surface area contributed by atoms with E-state index < -0.39 is 0 Å². The first kappa shape index (κ1) is 11.1. The number of rotatable bonds is 2. The Bertz CT molecular complexity index is 698. The number of methoxy groups -OCH3 is 1. The van der Waals surface area contributed by atoms with Gasteiger partial charge in [0.25, 0.3) is 0 Å². The molecule has 92 valence electrons. The highest BCUT2D eigenvalue weighted by Crippen LogP contribution is 2.36. The van der Waals surface area contributed by atoms with Crippen molar-refractivity contribution in [3.63, 3.8) is 0 Å². The number of hydrogen-bond donors (Lipinski definition) is 0. The number of nitrogens with zero attached hydrogens (tertiary/aromatic N) is 5. The maximum absolute atomic E-state index is 5.49. The van der Waals surface area contributed by atoms with Crippen molar-refractivity contribution in [1.29, 1.82) is 0 Å². The van der Waals surface area contributed by atoms with E-state index in [0.717, 1.165) is 33.0 Å². The minimum Gasteiger partial charge on any atom is -0.493 e. The lowest BCUT2D eigenvalue weighted by Crippen LogP contribution is -1.99. The number of thiazole rings is 1. The second kappa shape index (κ2) is 4.02. The fourth-order valence-corrected chi connectivity index (χ4v) is 2.74. The predicted molar refractivity (Wildman–Crippen MR) is 68.7 cm³/mol. The van der Waals surface area contributed by atoms with Crippen molar-refractivity contribution in [2.75, 3.05) is 7.11 Å². The fourth-order valence-electron chi connectivity index (χ4n) is 1.95. The fraction of sp³-hybridized carbons (Fsp3) is 0.273. The molecule has 0 spiro atoms. The zero-order chi connectivity index (χ0) is 12.7. The molecule has 0 fully saturated rings. The van der Waals surface area contributed by atoms with Crippen molar-refractivity contribution in [2.24, 2.45) is 7.05 Å². The van der Waals surface area contributed by atoms with Crippen LogP contribution in [0.3, 0.4) is 0 Å². The summed E-state index contributed by atoms with van der Waals surface area (Å²) in [5, 5.41) is 8.04. The lowest BCUT2D eigenvalue weighted by atomic mass is 10.2. The molecule has 0 bridgehead atoms. The van der Waals surface area contributed by atoms with Crippen LogP contribution >= 0.6 is 11.3 Å². The number of aromatic nitrogens is 5. The smallest absolute Gasteiger partial charge is 0.166 e. The minimum atomic E-state index is 0.725. The SMILES string of the molecule is COc1c(-c2c(C)nnn2C)ncc2ncsc12. The van der Waals surface area contributed by atoms with Gasteiger partial charge in [-0.2, -0.15) is 0 Å². The Morgan fingerprint density at radius 3 is 2.83 bits per heavy atom. The van der Waals surface area contributed by atoms with Gasteiger partial charge in [0, 0.05) is 7.05 Å². The van der Waals surface area contributed by atoms with E-state index in [2.05, 4.69) is 20.3 Å². The number of pyridine rings is 1. The summed E-state index contributed by atoms with van der Waals surface area (Å²) >= 11 is 1.54. The van der Waals surface area contributed by atoms with Crippen LogP contribution in [0, 0.1) is 6.92 Å². The quantitative estimate of drug-likeness (QED) is 0.703. The highest BCUT2D eigenvalue weighted by atomic mass is 32.1. The topological polar surface area (TPSA) is 65.7 Å². The van der Waals surface area contributed by atoms with Crippen LogP contribution in [-0.4, -0.2) is 32.1 Å². The Labute approximate surface area is 107 Å². The van der Waals surface area contributed by atoms with E-state index >= 15 is 0 Å². The molecule has 0 aromatic carbocycles. The molecule has 0 saturated heterocycles. The number of ether oxygens (including phenoxy) is 1. The van der Waals surface area contributed by atoms with E-state index in [9.17, 15) is 0 Å². The Balaban J connectivity index is 2.35. The normalized spacial score (nSPS) is 11.1. The van der Waals surface area contributed by atoms with E-state index in [1.165, 1.54) is 11.3 Å². The van der Waals surface area contributed by atoms with Crippen molar-refractivity contribution >= 4 is 21.6 Å². The molecule has 0 saturated carbocycles. The van der Waals surface area contributed by atoms with Crippen molar-refractivity contribution < 1.29 is 4.74 Å². The van der Waals surface area contributed by atoms with E-state index in [-0.39, 0.29) is 0 Å². The van der Waals surface area contributed by atoms with E-state index in [4.69, 9.17) is 4.74 Å². The van der Waals surface area contributed by atoms with Crippen molar-refractivity contribution in [2.45, 2.75) is 6.92 Å². The van der Waals surface area contributed by atoms with Crippen molar-refractivity contribution in [3.05, 3.63) is 17.4 Å². The third kappa shape index (κ3) is 1.47. The molecule has 3 aromatic rings. The molecule has 0 atom stereocenters. The molecule has 3 rings (SSSR count). The molecule has 3 aromatic heterocycles. The summed E-state index contributed by atoms with van der Waals surface area (Å²) in [7, 11) is 3.48. The van der Waals surface area contributed by atoms with E-state index in [1.54, 1.807) is 23.5 Å². The molecular formula is C11H11N5OS. The van der Waals surface area contributed by atoms with Gasteiger partial charge < -0.3 is 4.74 Å². The predicted octanol–water partition coefficient (Wildman–Crippen LogP) is 1.80. The van der Waals surface area contributed by atoms with E-state index in [1.807, 2.05) is 14.0 Å². The Hall–Kier alpha value is -2.02. The Morgan fingerprint density at radius 2 is 2.17 bits per heavy atom. The van der Waals surface area contributed by atoms with E-state index in [0.29, 0.717) is 0 Å². The largest absolute Gasteiger partial charge is 0.493 e. The first-order valence-electron chi connectivity index (χ1n) is 5.35. The zero-order valence-electron chi connectivity index (χ0n) is 10.2. The molecule has 0 amide bonds. The third-order valence-corrected chi connectivity index (χ3v) is 3.60. The third-order valence-electron chi connectivity index (χ3n) is 2.76. The Kier molecular flexibility index (Phi) is 2.48. The molecule has 0 radical (unpaired) electrons. The number of aryl methyl sites for hydroxylation is 2. The van der Waals surface area contributed by atoms with Gasteiger partial charge in [0.15, 0.2) is 5.75 Å². The molecule has 0 aliphatic heterocycles. The van der Waals surface area contributed by atoms with Crippen molar-refractivity contribution in [3.8, 4) is 17.1 Å². The van der Waals surface area contributed by atoms with Crippen LogP contribution < -0.4 is 4.74 Å². The maximum Gasteiger partial charge on any atom is 0.166 e. The average molecular weight is 261 g/mol. The van der Waals surface area contributed by atoms with Gasteiger partial charge in [-0.05, 0) is 6.92 Å². The van der Waals surface area contributed by atoms with Crippen LogP contribution in [0.1, 0.15) is 5.69 Å². The summed E-state index contributed by atoms with van der Waals surface area (Å²) in [6, 6.07) is 0. The molecule has 0 unspecified atom stereocenters. The van der Waals surface area contributed by atoms with Crippen LogP contribution in [0.15, 0.2) is 11.7 Å². The van der Waals surface area contributed by atoms with Gasteiger partial charge in [0.2, 0.25) is 0 Å². The second-order valence-electron chi connectivity index (χ2n) is 3.85. The molecule has 0 N–H and O–H groups in total. The lowest BCUT2D eigenvalue weighted by molar-refractivity contribution is 0.420. The summed E-state index contributed by atoms with van der Waals surface area (Å²) in [6.07, 6.45) is 1.75. The molecule has 0 aliphatic rings. The zero-order valence-corrected chi connectivity index (χ0v) is 11.0. The first-order chi connectivity index (χ1) is 8.72. The number of fused-ring (bicyclic) bond motifs is 1. The standard InChI is InChI=1S/C11H11N5OS/c1-6-9(16(2)15-14-6)8-10(17-3)11-7(4-12-8)13-5-18-11/h4-5H,1-3H3. The summed E-state index contributed by atoms with van der Waals surface area (Å²) < 4.78 is 8.18. The molecule has 18 heavy (non-hydrogen) atoms. The molecule has 3 heterocycles. The van der Waals surface area contributed by atoms with Crippen molar-refractivity contribution in [1.82, 2.24) is 25.0 Å². The number of hydrogen-bond acceptors (Lipinski definition) is 6. The second-order valence-corrected chi connectivity index (χ2v) is 4.71. The van der Waals surface area contributed by atoms with Gasteiger partial charge in [-0.25, -0.2) is 14.6 Å². The summed E-state index contributed by atoms with van der Waals surface area (Å²) in [5.74, 6) is 0.725. The van der Waals surface area contributed by atoms with Gasteiger partial charge in [-0.15, -0.1) is 16.4 Å². The van der Waals surface area contributed by atoms with Crippen LogP contribution in [0.5, 0.6) is 5.75 Å². The van der Waals surface area contributed by atoms with Crippen LogP contribution in [0.25, 0.3) is 21.6 Å². The first-order valence-corrected chi connectivity index (χ1v) is 6.23. The van der Waals surface area contributed by atoms with Gasteiger partial charge in [0.05, 0.1) is 24.5 Å². The minimum absolute atomic E-state index is 0.725. The highest BCUT2D eigenvalue weighted by Gasteiger charge is 2.19. The van der Waals surface area contributed by atoms with Crippen LogP contribution in [-0.2, 0) is 7.05 Å².